The maximum atomic E-state index is 14.6. The molecule has 0 aliphatic carbocycles. The Labute approximate surface area is 233 Å². The van der Waals surface area contributed by atoms with Crippen LogP contribution in [0.1, 0.15) is 79.6 Å². The van der Waals surface area contributed by atoms with Crippen molar-refractivity contribution in [3.63, 3.8) is 0 Å². The number of unbranched alkanes of at least 4 members (excludes halogenated alkanes) is 1. The zero-order valence-electron chi connectivity index (χ0n) is 24.0. The number of ether oxygens (including phenoxy) is 1. The number of aliphatic hydroxyl groups is 1. The predicted molar refractivity (Wildman–Crippen MR) is 153 cm³/mol. The SMILES string of the molecule is C=CCCCOC(=O)[C@H]1[C@H]2C(=O)N([C@@H](CO)[C@@H](C)CC)C(C(=O)N(CC=C)C(C)CCC)C23CC[C@]1(C)S3. The van der Waals surface area contributed by atoms with Gasteiger partial charge in [-0.15, -0.1) is 24.9 Å². The van der Waals surface area contributed by atoms with E-state index in [0.717, 1.165) is 32.1 Å². The number of allylic oxidation sites excluding steroid dienone is 1. The van der Waals surface area contributed by atoms with Crippen LogP contribution in [0, 0.1) is 17.8 Å². The second-order valence-corrected chi connectivity index (χ2v) is 13.5. The summed E-state index contributed by atoms with van der Waals surface area (Å²) in [6.07, 6.45) is 8.93. The molecular formula is C30H48N2O5S. The summed E-state index contributed by atoms with van der Waals surface area (Å²) < 4.78 is 4.52. The molecule has 0 aromatic rings. The molecule has 3 aliphatic rings. The lowest BCUT2D eigenvalue weighted by molar-refractivity contribution is -0.156. The Kier molecular flexibility index (Phi) is 10.2. The zero-order chi connectivity index (χ0) is 28.3. The summed E-state index contributed by atoms with van der Waals surface area (Å²) in [4.78, 5) is 46.0. The summed E-state index contributed by atoms with van der Waals surface area (Å²) in [6, 6.07) is -1.25. The molecule has 3 saturated heterocycles. The molecule has 1 spiro atoms. The van der Waals surface area contributed by atoms with Crippen molar-refractivity contribution in [2.75, 3.05) is 19.8 Å². The number of likely N-dealkylation sites (tertiary alicyclic amines) is 1. The van der Waals surface area contributed by atoms with Gasteiger partial charge < -0.3 is 19.6 Å². The first kappa shape index (κ1) is 30.7. The van der Waals surface area contributed by atoms with Crippen LogP contribution in [-0.4, -0.2) is 80.1 Å². The molecule has 0 aromatic heterocycles. The van der Waals surface area contributed by atoms with E-state index in [4.69, 9.17) is 4.74 Å². The lowest BCUT2D eigenvalue weighted by atomic mass is 9.66. The summed E-state index contributed by atoms with van der Waals surface area (Å²) in [5.41, 5.74) is 0. The van der Waals surface area contributed by atoms with Crippen LogP contribution < -0.4 is 0 Å². The number of hydrogen-bond acceptors (Lipinski definition) is 6. The van der Waals surface area contributed by atoms with E-state index in [1.54, 1.807) is 28.8 Å². The number of rotatable bonds is 15. The summed E-state index contributed by atoms with van der Waals surface area (Å²) in [5, 5.41) is 10.5. The predicted octanol–water partition coefficient (Wildman–Crippen LogP) is 4.59. The number of amides is 2. The molecule has 0 radical (unpaired) electrons. The van der Waals surface area contributed by atoms with Crippen molar-refractivity contribution < 1.29 is 24.2 Å². The first-order valence-electron chi connectivity index (χ1n) is 14.4. The van der Waals surface area contributed by atoms with Gasteiger partial charge in [0.15, 0.2) is 0 Å². The summed E-state index contributed by atoms with van der Waals surface area (Å²) in [6.45, 7) is 18.3. The molecule has 0 aromatic carbocycles. The Morgan fingerprint density at radius 3 is 2.55 bits per heavy atom. The number of esters is 1. The van der Waals surface area contributed by atoms with Crippen LogP contribution in [0.2, 0.25) is 0 Å². The van der Waals surface area contributed by atoms with Crippen LogP contribution in [0.5, 0.6) is 0 Å². The quantitative estimate of drug-likeness (QED) is 0.183. The van der Waals surface area contributed by atoms with Gasteiger partial charge in [0.25, 0.3) is 0 Å². The number of aliphatic hydroxyl groups excluding tert-OH is 1. The van der Waals surface area contributed by atoms with Gasteiger partial charge in [0.1, 0.15) is 6.04 Å². The first-order valence-corrected chi connectivity index (χ1v) is 15.2. The molecule has 8 heteroatoms. The fourth-order valence-corrected chi connectivity index (χ4v) is 9.34. The third kappa shape index (κ3) is 5.19. The molecule has 3 unspecified atom stereocenters. The minimum atomic E-state index is -0.740. The van der Waals surface area contributed by atoms with E-state index in [-0.39, 0.29) is 43.0 Å². The van der Waals surface area contributed by atoms with Crippen LogP contribution in [-0.2, 0) is 19.1 Å². The van der Waals surface area contributed by atoms with E-state index in [1.807, 2.05) is 25.7 Å². The average molecular weight is 549 g/mol. The van der Waals surface area contributed by atoms with Gasteiger partial charge in [-0.05, 0) is 51.9 Å². The maximum Gasteiger partial charge on any atom is 0.311 e. The Balaban J connectivity index is 2.09. The van der Waals surface area contributed by atoms with Crippen molar-refractivity contribution in [2.24, 2.45) is 17.8 Å². The number of hydrogen-bond donors (Lipinski definition) is 1. The molecule has 38 heavy (non-hydrogen) atoms. The maximum absolute atomic E-state index is 14.6. The van der Waals surface area contributed by atoms with Gasteiger partial charge in [-0.2, -0.15) is 0 Å². The number of thioether (sulfide) groups is 1. The van der Waals surface area contributed by atoms with Crippen LogP contribution >= 0.6 is 11.8 Å². The third-order valence-electron chi connectivity index (χ3n) is 9.19. The summed E-state index contributed by atoms with van der Waals surface area (Å²) >= 11 is 1.65. The van der Waals surface area contributed by atoms with Gasteiger partial charge in [0.05, 0.1) is 35.8 Å². The molecule has 214 valence electrons. The van der Waals surface area contributed by atoms with E-state index >= 15 is 0 Å². The largest absolute Gasteiger partial charge is 0.465 e. The highest BCUT2D eigenvalue weighted by Gasteiger charge is 2.78. The van der Waals surface area contributed by atoms with E-state index in [9.17, 15) is 19.5 Å². The Bertz CT molecular complexity index is 911. The van der Waals surface area contributed by atoms with Crippen molar-refractivity contribution >= 4 is 29.5 Å². The number of nitrogens with zero attached hydrogens (tertiary/aromatic N) is 2. The Hall–Kier alpha value is -1.80. The van der Waals surface area contributed by atoms with E-state index < -0.39 is 33.4 Å². The lowest BCUT2D eigenvalue weighted by Crippen LogP contribution is -2.59. The van der Waals surface area contributed by atoms with Gasteiger partial charge in [0.2, 0.25) is 11.8 Å². The third-order valence-corrected chi connectivity index (χ3v) is 11.2. The van der Waals surface area contributed by atoms with Gasteiger partial charge in [-0.1, -0.05) is 45.8 Å². The van der Waals surface area contributed by atoms with Gasteiger partial charge in [-0.25, -0.2) is 0 Å². The smallest absolute Gasteiger partial charge is 0.311 e. The normalized spacial score (nSPS) is 32.0. The molecule has 3 fully saturated rings. The van der Waals surface area contributed by atoms with Crippen molar-refractivity contribution in [3.05, 3.63) is 25.3 Å². The second-order valence-electron chi connectivity index (χ2n) is 11.6. The van der Waals surface area contributed by atoms with E-state index in [0.29, 0.717) is 19.4 Å². The van der Waals surface area contributed by atoms with E-state index in [1.165, 1.54) is 0 Å². The molecule has 3 aliphatic heterocycles. The van der Waals surface area contributed by atoms with Gasteiger partial charge in [0, 0.05) is 17.3 Å². The van der Waals surface area contributed by atoms with Crippen molar-refractivity contribution in [1.82, 2.24) is 9.80 Å². The average Bonchev–Trinajstić information content (AvgIpc) is 3.46. The first-order chi connectivity index (χ1) is 18.1. The lowest BCUT2D eigenvalue weighted by Gasteiger charge is -2.42. The monoisotopic (exact) mass is 548 g/mol. The molecule has 7 nitrogen and oxygen atoms in total. The zero-order valence-corrected chi connectivity index (χ0v) is 24.8. The molecule has 2 bridgehead atoms. The van der Waals surface area contributed by atoms with Crippen molar-refractivity contribution in [1.29, 1.82) is 0 Å². The van der Waals surface area contributed by atoms with Crippen LogP contribution in [0.15, 0.2) is 25.3 Å². The van der Waals surface area contributed by atoms with Gasteiger partial charge >= 0.3 is 5.97 Å². The number of carbonyl (C=O) groups excluding carboxylic acids is 3. The fourth-order valence-electron chi connectivity index (χ4n) is 7.02. The molecule has 2 amide bonds. The van der Waals surface area contributed by atoms with Crippen molar-refractivity contribution in [2.45, 2.75) is 107 Å². The highest BCUT2D eigenvalue weighted by Crippen LogP contribution is 2.72. The standard InChI is InChI=1S/C30H48N2O5S/c1-8-12-13-18-37-28(36)24-23-26(34)32(22(19-33)20(5)11-4)25(30(23)16-15-29(24,7)38-30)27(35)31(17-10-3)21(6)14-9-2/h8,10,20-25,33H,1,3,9,11-19H2,2,4-7H3/t20-,21?,22-,23-,24+,25?,29-,30?/m0/s1. The summed E-state index contributed by atoms with van der Waals surface area (Å²) in [5.74, 6) is -1.89. The summed E-state index contributed by atoms with van der Waals surface area (Å²) in [7, 11) is 0. The molecule has 1 N–H and O–H groups in total. The Morgan fingerprint density at radius 2 is 1.97 bits per heavy atom. The fraction of sp³-hybridized carbons (Fsp3) is 0.767. The topological polar surface area (TPSA) is 87.1 Å². The van der Waals surface area contributed by atoms with Gasteiger partial charge in [-0.3, -0.25) is 14.4 Å². The highest BCUT2D eigenvalue weighted by atomic mass is 32.2. The van der Waals surface area contributed by atoms with Crippen LogP contribution in [0.25, 0.3) is 0 Å². The van der Waals surface area contributed by atoms with Crippen LogP contribution in [0.3, 0.4) is 0 Å². The highest BCUT2D eigenvalue weighted by molar-refractivity contribution is 8.02. The molecule has 0 saturated carbocycles. The van der Waals surface area contributed by atoms with Crippen molar-refractivity contribution in [3.8, 4) is 0 Å². The minimum Gasteiger partial charge on any atom is -0.465 e. The molecule has 3 rings (SSSR count). The molecule has 8 atom stereocenters. The molecule has 3 heterocycles. The van der Waals surface area contributed by atoms with E-state index in [2.05, 4.69) is 27.0 Å². The Morgan fingerprint density at radius 1 is 1.26 bits per heavy atom. The number of fused-ring (bicyclic) bond motifs is 1. The molecular weight excluding hydrogens is 500 g/mol. The second kappa shape index (κ2) is 12.6. The number of carbonyl (C=O) groups is 3. The van der Waals surface area contributed by atoms with Crippen LogP contribution in [0.4, 0.5) is 0 Å². The minimum absolute atomic E-state index is 0.00233.